The van der Waals surface area contributed by atoms with Gasteiger partial charge in [-0.2, -0.15) is 0 Å². The van der Waals surface area contributed by atoms with Crippen LogP contribution in [0.3, 0.4) is 0 Å². The first-order valence-electron chi connectivity index (χ1n) is 8.90. The summed E-state index contributed by atoms with van der Waals surface area (Å²) in [4.78, 5) is 5.43. The van der Waals surface area contributed by atoms with Crippen molar-refractivity contribution in [1.29, 1.82) is 0 Å². The molecule has 0 aromatic heterocycles. The lowest BCUT2D eigenvalue weighted by molar-refractivity contribution is 0.123. The van der Waals surface area contributed by atoms with E-state index in [0.29, 0.717) is 6.04 Å². The smallest absolute Gasteiger partial charge is 0.0351 e. The summed E-state index contributed by atoms with van der Waals surface area (Å²) in [7, 11) is 0. The van der Waals surface area contributed by atoms with Crippen LogP contribution in [0.4, 0.5) is 0 Å². The lowest BCUT2D eigenvalue weighted by Gasteiger charge is -2.38. The van der Waals surface area contributed by atoms with E-state index in [9.17, 15) is 0 Å². The average molecular weight is 324 g/mol. The molecule has 0 saturated carbocycles. The van der Waals surface area contributed by atoms with E-state index in [2.05, 4.69) is 60.4 Å². The first-order chi connectivity index (χ1) is 11.3. The van der Waals surface area contributed by atoms with Crippen LogP contribution >= 0.6 is 11.8 Å². The third-order valence-electron chi connectivity index (χ3n) is 5.36. The first kappa shape index (κ1) is 15.3. The standard InChI is InChI=1S/C21H25NS/c1-16-7-11-19(12-8-16)23-20-13-9-17(10-14-20)21-6-2-4-18-5-3-15-22(18)21/h7-14,18,21H,2-6,15H2,1H3/t18?,21-/m0/s1. The summed E-state index contributed by atoms with van der Waals surface area (Å²) < 4.78 is 0. The van der Waals surface area contributed by atoms with Gasteiger partial charge in [-0.25, -0.2) is 0 Å². The maximum Gasteiger partial charge on any atom is 0.0351 e. The van der Waals surface area contributed by atoms with Gasteiger partial charge in [0, 0.05) is 21.9 Å². The molecule has 2 heterocycles. The third-order valence-corrected chi connectivity index (χ3v) is 6.38. The minimum atomic E-state index is 0.662. The van der Waals surface area contributed by atoms with Crippen molar-refractivity contribution in [1.82, 2.24) is 4.90 Å². The Morgan fingerprint density at radius 1 is 0.826 bits per heavy atom. The van der Waals surface area contributed by atoms with Crippen LogP contribution in [-0.2, 0) is 0 Å². The number of fused-ring (bicyclic) bond motifs is 1. The molecule has 2 fully saturated rings. The number of benzene rings is 2. The zero-order chi connectivity index (χ0) is 15.6. The van der Waals surface area contributed by atoms with Gasteiger partial charge in [-0.3, -0.25) is 4.90 Å². The Bertz CT molecular complexity index is 647. The molecule has 4 rings (SSSR count). The van der Waals surface area contributed by atoms with E-state index in [1.165, 1.54) is 59.6 Å². The minimum absolute atomic E-state index is 0.662. The fraction of sp³-hybridized carbons (Fsp3) is 0.429. The molecule has 120 valence electrons. The molecule has 0 N–H and O–H groups in total. The van der Waals surface area contributed by atoms with Crippen LogP contribution in [0.5, 0.6) is 0 Å². The fourth-order valence-electron chi connectivity index (χ4n) is 4.15. The number of aryl methyl sites for hydroxylation is 1. The second-order valence-corrected chi connectivity index (χ2v) is 8.11. The van der Waals surface area contributed by atoms with E-state index in [4.69, 9.17) is 0 Å². The molecule has 2 aliphatic heterocycles. The summed E-state index contributed by atoms with van der Waals surface area (Å²) in [5, 5.41) is 0. The molecule has 2 aromatic carbocycles. The monoisotopic (exact) mass is 323 g/mol. The second kappa shape index (κ2) is 6.70. The van der Waals surface area contributed by atoms with Crippen molar-refractivity contribution in [2.24, 2.45) is 0 Å². The number of piperidine rings is 1. The number of nitrogens with zero attached hydrogens (tertiary/aromatic N) is 1. The van der Waals surface area contributed by atoms with Gasteiger partial charge in [0.15, 0.2) is 0 Å². The van der Waals surface area contributed by atoms with Crippen molar-refractivity contribution in [2.75, 3.05) is 6.54 Å². The quantitative estimate of drug-likeness (QED) is 0.698. The SMILES string of the molecule is Cc1ccc(Sc2ccc([C@@H]3CCCC4CCCN43)cc2)cc1. The highest BCUT2D eigenvalue weighted by Crippen LogP contribution is 2.40. The molecule has 2 aromatic rings. The largest absolute Gasteiger partial charge is 0.293 e. The van der Waals surface area contributed by atoms with E-state index < -0.39 is 0 Å². The normalized spacial score (nSPS) is 24.6. The fourth-order valence-corrected chi connectivity index (χ4v) is 4.97. The van der Waals surface area contributed by atoms with Gasteiger partial charge in [0.2, 0.25) is 0 Å². The zero-order valence-electron chi connectivity index (χ0n) is 13.9. The molecule has 0 amide bonds. The Hall–Kier alpha value is -1.25. The van der Waals surface area contributed by atoms with Gasteiger partial charge < -0.3 is 0 Å². The Morgan fingerprint density at radius 3 is 2.22 bits per heavy atom. The van der Waals surface area contributed by atoms with Crippen LogP contribution in [0.2, 0.25) is 0 Å². The summed E-state index contributed by atoms with van der Waals surface area (Å²) in [6.45, 7) is 3.44. The summed E-state index contributed by atoms with van der Waals surface area (Å²) >= 11 is 1.86. The third kappa shape index (κ3) is 3.34. The Labute approximate surface area is 144 Å². The highest BCUT2D eigenvalue weighted by molar-refractivity contribution is 7.99. The van der Waals surface area contributed by atoms with E-state index in [0.717, 1.165) is 6.04 Å². The molecule has 1 unspecified atom stereocenters. The van der Waals surface area contributed by atoms with Crippen LogP contribution in [0.15, 0.2) is 58.3 Å². The van der Waals surface area contributed by atoms with Crippen LogP contribution in [0, 0.1) is 6.92 Å². The number of hydrogen-bond acceptors (Lipinski definition) is 2. The molecule has 2 saturated heterocycles. The van der Waals surface area contributed by atoms with Gasteiger partial charge in [0.1, 0.15) is 0 Å². The van der Waals surface area contributed by atoms with Crippen LogP contribution < -0.4 is 0 Å². The van der Waals surface area contributed by atoms with Crippen molar-refractivity contribution in [3.63, 3.8) is 0 Å². The van der Waals surface area contributed by atoms with Crippen molar-refractivity contribution in [3.8, 4) is 0 Å². The second-order valence-electron chi connectivity index (χ2n) is 6.96. The summed E-state index contributed by atoms with van der Waals surface area (Å²) in [6.07, 6.45) is 6.95. The molecule has 2 aliphatic rings. The molecular formula is C21H25NS. The van der Waals surface area contributed by atoms with Crippen molar-refractivity contribution >= 4 is 11.8 Å². The van der Waals surface area contributed by atoms with Gasteiger partial charge in [-0.1, -0.05) is 41.6 Å². The highest BCUT2D eigenvalue weighted by Gasteiger charge is 2.34. The maximum atomic E-state index is 2.77. The van der Waals surface area contributed by atoms with Crippen LogP contribution in [-0.4, -0.2) is 17.5 Å². The van der Waals surface area contributed by atoms with Crippen molar-refractivity contribution < 1.29 is 0 Å². The van der Waals surface area contributed by atoms with Gasteiger partial charge in [0.25, 0.3) is 0 Å². The number of rotatable bonds is 3. The summed E-state index contributed by atoms with van der Waals surface area (Å²) in [5.74, 6) is 0. The van der Waals surface area contributed by atoms with E-state index in [-0.39, 0.29) is 0 Å². The summed E-state index contributed by atoms with van der Waals surface area (Å²) in [6, 6.07) is 19.7. The molecule has 23 heavy (non-hydrogen) atoms. The summed E-state index contributed by atoms with van der Waals surface area (Å²) in [5.41, 5.74) is 2.84. The average Bonchev–Trinajstić information content (AvgIpc) is 3.06. The molecule has 0 radical (unpaired) electrons. The van der Waals surface area contributed by atoms with Crippen molar-refractivity contribution in [3.05, 3.63) is 59.7 Å². The predicted molar refractivity (Wildman–Crippen MR) is 98.1 cm³/mol. The molecule has 2 atom stereocenters. The maximum absolute atomic E-state index is 2.77. The van der Waals surface area contributed by atoms with Crippen LogP contribution in [0.1, 0.15) is 49.3 Å². The lowest BCUT2D eigenvalue weighted by atomic mass is 9.92. The minimum Gasteiger partial charge on any atom is -0.293 e. The highest BCUT2D eigenvalue weighted by atomic mass is 32.2. The zero-order valence-corrected chi connectivity index (χ0v) is 14.7. The molecule has 0 bridgehead atoms. The Morgan fingerprint density at radius 2 is 1.48 bits per heavy atom. The number of hydrogen-bond donors (Lipinski definition) is 0. The van der Waals surface area contributed by atoms with E-state index >= 15 is 0 Å². The molecule has 0 spiro atoms. The first-order valence-corrected chi connectivity index (χ1v) is 9.71. The van der Waals surface area contributed by atoms with E-state index in [1.54, 1.807) is 0 Å². The van der Waals surface area contributed by atoms with Gasteiger partial charge in [-0.15, -0.1) is 0 Å². The Balaban J connectivity index is 1.48. The predicted octanol–water partition coefficient (Wildman–Crippen LogP) is 5.84. The van der Waals surface area contributed by atoms with Gasteiger partial charge in [-0.05, 0) is 75.4 Å². The topological polar surface area (TPSA) is 3.24 Å². The van der Waals surface area contributed by atoms with Crippen molar-refractivity contribution in [2.45, 2.75) is 60.9 Å². The molecule has 2 heteroatoms. The van der Waals surface area contributed by atoms with E-state index in [1.807, 2.05) is 11.8 Å². The van der Waals surface area contributed by atoms with Gasteiger partial charge in [0.05, 0.1) is 0 Å². The van der Waals surface area contributed by atoms with Gasteiger partial charge >= 0.3 is 0 Å². The molecule has 1 nitrogen and oxygen atoms in total. The Kier molecular flexibility index (Phi) is 4.46. The molecule has 0 aliphatic carbocycles. The molecular weight excluding hydrogens is 298 g/mol. The van der Waals surface area contributed by atoms with Crippen LogP contribution in [0.25, 0.3) is 0 Å². The lowest BCUT2D eigenvalue weighted by Crippen LogP contribution is -2.37.